The van der Waals surface area contributed by atoms with Crippen molar-refractivity contribution < 1.29 is 13.9 Å². The maximum Gasteiger partial charge on any atom is 0.323 e. The molecule has 0 radical (unpaired) electrons. The molecule has 0 bridgehead atoms. The van der Waals surface area contributed by atoms with Crippen molar-refractivity contribution in [3.63, 3.8) is 0 Å². The molecule has 1 fully saturated rings. The van der Waals surface area contributed by atoms with Crippen LogP contribution >= 0.6 is 11.5 Å². The molecule has 1 aromatic heterocycles. The number of halogens is 1. The van der Waals surface area contributed by atoms with E-state index in [1.165, 1.54) is 17.6 Å². The van der Waals surface area contributed by atoms with Gasteiger partial charge in [0.1, 0.15) is 17.4 Å². The Kier molecular flexibility index (Phi) is 8.26. The summed E-state index contributed by atoms with van der Waals surface area (Å²) < 4.78 is 23.7. The lowest BCUT2D eigenvalue weighted by molar-refractivity contribution is 0.0378. The molecular formula is C25H27FN6O2S. The van der Waals surface area contributed by atoms with Crippen molar-refractivity contribution in [3.8, 4) is 16.5 Å². The lowest BCUT2D eigenvalue weighted by Crippen LogP contribution is -2.37. The van der Waals surface area contributed by atoms with Crippen LogP contribution in [0.4, 0.5) is 26.4 Å². The number of hydrogen-bond donors (Lipinski definition) is 3. The van der Waals surface area contributed by atoms with E-state index in [4.69, 9.17) is 4.74 Å². The van der Waals surface area contributed by atoms with E-state index in [9.17, 15) is 14.4 Å². The summed E-state index contributed by atoms with van der Waals surface area (Å²) in [5, 5.41) is 18.2. The van der Waals surface area contributed by atoms with E-state index in [0.29, 0.717) is 17.1 Å². The molecule has 4 rings (SSSR count). The molecule has 8 nitrogen and oxygen atoms in total. The number of carbonyl (C=O) groups is 1. The SMILES string of the molecule is Cc1ccc(F)c(NC(=O)Nc2ccc(-c3snc(NCCCN4CCOCC4)c3C#N)cc2)c1. The molecule has 1 aliphatic rings. The van der Waals surface area contributed by atoms with Gasteiger partial charge in [-0.2, -0.15) is 9.64 Å². The molecule has 0 spiro atoms. The molecule has 0 aliphatic carbocycles. The minimum atomic E-state index is -0.540. The average molecular weight is 495 g/mol. The number of urea groups is 1. The summed E-state index contributed by atoms with van der Waals surface area (Å²) in [6, 6.07) is 13.3. The van der Waals surface area contributed by atoms with Crippen molar-refractivity contribution in [1.29, 1.82) is 5.26 Å². The Balaban J connectivity index is 1.33. The number of aryl methyl sites for hydroxylation is 1. The minimum Gasteiger partial charge on any atom is -0.379 e. The molecule has 0 atom stereocenters. The zero-order valence-electron chi connectivity index (χ0n) is 19.4. The molecule has 3 aromatic rings. The predicted octanol–water partition coefficient (Wildman–Crippen LogP) is 4.91. The number of benzene rings is 2. The first-order valence-electron chi connectivity index (χ1n) is 11.4. The van der Waals surface area contributed by atoms with Crippen molar-refractivity contribution in [3.05, 3.63) is 59.4 Å². The van der Waals surface area contributed by atoms with Gasteiger partial charge in [-0.15, -0.1) is 0 Å². The number of nitriles is 1. The minimum absolute atomic E-state index is 0.118. The van der Waals surface area contributed by atoms with Crippen LogP contribution < -0.4 is 16.0 Å². The highest BCUT2D eigenvalue weighted by Crippen LogP contribution is 2.33. The van der Waals surface area contributed by atoms with Crippen molar-refractivity contribution in [2.45, 2.75) is 13.3 Å². The van der Waals surface area contributed by atoms with E-state index in [2.05, 4.69) is 31.3 Å². The molecule has 0 unspecified atom stereocenters. The van der Waals surface area contributed by atoms with Crippen LogP contribution in [0.1, 0.15) is 17.5 Å². The number of rotatable bonds is 8. The van der Waals surface area contributed by atoms with Gasteiger partial charge < -0.3 is 20.7 Å². The van der Waals surface area contributed by atoms with Crippen LogP contribution in [0, 0.1) is 24.1 Å². The van der Waals surface area contributed by atoms with Crippen LogP contribution in [0.2, 0.25) is 0 Å². The topological polar surface area (TPSA) is 102 Å². The van der Waals surface area contributed by atoms with Gasteiger partial charge >= 0.3 is 6.03 Å². The monoisotopic (exact) mass is 494 g/mol. The van der Waals surface area contributed by atoms with E-state index >= 15 is 0 Å². The molecule has 1 aliphatic heterocycles. The molecule has 2 amide bonds. The van der Waals surface area contributed by atoms with Gasteiger partial charge in [0, 0.05) is 25.3 Å². The zero-order valence-corrected chi connectivity index (χ0v) is 20.3. The van der Waals surface area contributed by atoms with Crippen LogP contribution in [-0.2, 0) is 4.74 Å². The summed E-state index contributed by atoms with van der Waals surface area (Å²) in [5.74, 6) is 0.0945. The fraction of sp³-hybridized carbons (Fsp3) is 0.320. The Morgan fingerprint density at radius 3 is 2.71 bits per heavy atom. The third-order valence-corrected chi connectivity index (χ3v) is 6.52. The Bertz CT molecular complexity index is 1200. The zero-order chi connectivity index (χ0) is 24.6. The maximum atomic E-state index is 13.9. The highest BCUT2D eigenvalue weighted by molar-refractivity contribution is 7.10. The molecule has 1 saturated heterocycles. The lowest BCUT2D eigenvalue weighted by Gasteiger charge is -2.26. The molecule has 2 aromatic carbocycles. The number of anilines is 3. The lowest BCUT2D eigenvalue weighted by atomic mass is 10.1. The predicted molar refractivity (Wildman–Crippen MR) is 136 cm³/mol. The second kappa shape index (κ2) is 11.8. The Morgan fingerprint density at radius 1 is 1.20 bits per heavy atom. The molecule has 0 saturated carbocycles. The van der Waals surface area contributed by atoms with Crippen LogP contribution in [0.5, 0.6) is 0 Å². The number of hydrogen-bond acceptors (Lipinski definition) is 7. The number of ether oxygens (including phenoxy) is 1. The van der Waals surface area contributed by atoms with Gasteiger partial charge in [-0.25, -0.2) is 9.18 Å². The van der Waals surface area contributed by atoms with Gasteiger partial charge in [-0.3, -0.25) is 4.90 Å². The van der Waals surface area contributed by atoms with Crippen molar-refractivity contribution in [2.24, 2.45) is 0 Å². The van der Waals surface area contributed by atoms with Crippen LogP contribution in [0.25, 0.3) is 10.4 Å². The maximum absolute atomic E-state index is 13.9. The van der Waals surface area contributed by atoms with E-state index in [-0.39, 0.29) is 5.69 Å². The number of nitrogens with one attached hydrogen (secondary N) is 3. The van der Waals surface area contributed by atoms with Crippen molar-refractivity contribution in [2.75, 3.05) is 55.3 Å². The van der Waals surface area contributed by atoms with Gasteiger partial charge in [0.2, 0.25) is 0 Å². The molecule has 3 N–H and O–H groups in total. The smallest absolute Gasteiger partial charge is 0.323 e. The first-order valence-corrected chi connectivity index (χ1v) is 12.2. The second-order valence-electron chi connectivity index (χ2n) is 8.22. The summed E-state index contributed by atoms with van der Waals surface area (Å²) in [4.78, 5) is 15.4. The normalized spacial score (nSPS) is 13.7. The van der Waals surface area contributed by atoms with Gasteiger partial charge in [-0.05, 0) is 66.8 Å². The number of carbonyl (C=O) groups excluding carboxylic acids is 1. The molecule has 35 heavy (non-hydrogen) atoms. The van der Waals surface area contributed by atoms with Gasteiger partial charge in [0.25, 0.3) is 0 Å². The Morgan fingerprint density at radius 2 is 1.97 bits per heavy atom. The average Bonchev–Trinajstić information content (AvgIpc) is 3.28. The highest BCUT2D eigenvalue weighted by Gasteiger charge is 2.16. The summed E-state index contributed by atoms with van der Waals surface area (Å²) >= 11 is 1.26. The Labute approximate surface area is 207 Å². The summed E-state index contributed by atoms with van der Waals surface area (Å²) in [6.07, 6.45) is 0.951. The molecular weight excluding hydrogens is 467 g/mol. The number of nitrogens with zero attached hydrogens (tertiary/aromatic N) is 3. The number of aromatic nitrogens is 1. The Hall–Kier alpha value is -3.52. The van der Waals surface area contributed by atoms with Crippen molar-refractivity contribution in [1.82, 2.24) is 9.27 Å². The van der Waals surface area contributed by atoms with E-state index in [0.717, 1.165) is 61.8 Å². The quantitative estimate of drug-likeness (QED) is 0.385. The molecule has 2 heterocycles. The molecule has 182 valence electrons. The highest BCUT2D eigenvalue weighted by atomic mass is 32.1. The standard InChI is InChI=1S/C25H27FN6O2S/c1-17-3-8-21(26)22(15-17)30-25(33)29-19-6-4-18(5-7-19)23-20(16-27)24(31-35-23)28-9-2-10-32-11-13-34-14-12-32/h3-8,15H,2,9-14H2,1H3,(H,28,31)(H2,29,30,33). The fourth-order valence-corrected chi connectivity index (χ4v) is 4.58. The van der Waals surface area contributed by atoms with Crippen LogP contribution in [-0.4, -0.2) is 54.7 Å². The third kappa shape index (κ3) is 6.54. The first-order chi connectivity index (χ1) is 17.0. The fourth-order valence-electron chi connectivity index (χ4n) is 3.77. The molecule has 10 heteroatoms. The van der Waals surface area contributed by atoms with Crippen LogP contribution in [0.15, 0.2) is 42.5 Å². The van der Waals surface area contributed by atoms with E-state index in [1.807, 2.05) is 19.1 Å². The summed E-state index contributed by atoms with van der Waals surface area (Å²) in [7, 11) is 0. The summed E-state index contributed by atoms with van der Waals surface area (Å²) in [6.45, 7) is 7.02. The number of amides is 2. The van der Waals surface area contributed by atoms with Gasteiger partial charge in [0.15, 0.2) is 5.82 Å². The third-order valence-electron chi connectivity index (χ3n) is 5.63. The second-order valence-corrected chi connectivity index (χ2v) is 8.99. The van der Waals surface area contributed by atoms with Crippen LogP contribution in [0.3, 0.4) is 0 Å². The van der Waals surface area contributed by atoms with Gasteiger partial charge in [0.05, 0.1) is 23.8 Å². The largest absolute Gasteiger partial charge is 0.379 e. The van der Waals surface area contributed by atoms with Gasteiger partial charge in [-0.1, -0.05) is 18.2 Å². The van der Waals surface area contributed by atoms with Crippen molar-refractivity contribution >= 4 is 34.8 Å². The van der Waals surface area contributed by atoms with E-state index in [1.54, 1.807) is 24.3 Å². The van der Waals surface area contributed by atoms with E-state index < -0.39 is 11.8 Å². The number of morpholine rings is 1. The first kappa shape index (κ1) is 24.6. The summed E-state index contributed by atoms with van der Waals surface area (Å²) in [5.41, 5.74) is 2.84.